The van der Waals surface area contributed by atoms with Crippen molar-refractivity contribution in [2.24, 2.45) is 11.8 Å². The van der Waals surface area contributed by atoms with Crippen LogP contribution >= 0.6 is 11.6 Å². The minimum absolute atomic E-state index is 0.0512. The fourth-order valence-corrected chi connectivity index (χ4v) is 6.52. The molecule has 178 valence electrons. The van der Waals surface area contributed by atoms with Crippen molar-refractivity contribution in [1.82, 2.24) is 9.62 Å². The quantitative estimate of drug-likeness (QED) is 0.616. The normalized spacial score (nSPS) is 25.0. The second kappa shape index (κ2) is 11.0. The molecule has 1 aromatic carbocycles. The van der Waals surface area contributed by atoms with Gasteiger partial charge in [0.05, 0.1) is 10.6 Å². The molecule has 9 heteroatoms. The lowest BCUT2D eigenvalue weighted by molar-refractivity contribution is -0.125. The third-order valence-electron chi connectivity index (χ3n) is 6.74. The van der Waals surface area contributed by atoms with Gasteiger partial charge in [0.1, 0.15) is 4.90 Å². The molecule has 0 bridgehead atoms. The maximum Gasteiger partial charge on any atom is 0.338 e. The third-order valence-corrected chi connectivity index (χ3v) is 9.12. The molecule has 7 nitrogen and oxygen atoms in total. The van der Waals surface area contributed by atoms with Gasteiger partial charge >= 0.3 is 5.97 Å². The minimum atomic E-state index is -3.82. The molecule has 3 unspecified atom stereocenters. The molecule has 1 amide bonds. The zero-order valence-corrected chi connectivity index (χ0v) is 20.4. The van der Waals surface area contributed by atoms with E-state index in [1.54, 1.807) is 0 Å². The average molecular weight is 485 g/mol. The second-order valence-electron chi connectivity index (χ2n) is 8.98. The molecular formula is C23H33ClN2O5S. The van der Waals surface area contributed by atoms with Crippen LogP contribution in [0.5, 0.6) is 0 Å². The molecule has 1 aliphatic heterocycles. The summed E-state index contributed by atoms with van der Waals surface area (Å²) in [4.78, 5) is 24.7. The SMILES string of the molecule is CC1CCCC(NC(=O)COC(=O)c2ccc(Cl)c(S(=O)(=O)N3CCCCCC3)c2)C1C. The number of carbonyl (C=O) groups is 2. The Morgan fingerprint density at radius 2 is 1.78 bits per heavy atom. The topological polar surface area (TPSA) is 92.8 Å². The monoisotopic (exact) mass is 484 g/mol. The fourth-order valence-electron chi connectivity index (χ4n) is 4.50. The van der Waals surface area contributed by atoms with E-state index in [1.807, 2.05) is 0 Å². The highest BCUT2D eigenvalue weighted by atomic mass is 35.5. The van der Waals surface area contributed by atoms with Gasteiger partial charge in [0.2, 0.25) is 10.0 Å². The average Bonchev–Trinajstić information content (AvgIpc) is 3.06. The number of amides is 1. The second-order valence-corrected chi connectivity index (χ2v) is 11.3. The van der Waals surface area contributed by atoms with Crippen molar-refractivity contribution >= 4 is 33.5 Å². The summed E-state index contributed by atoms with van der Waals surface area (Å²) >= 11 is 6.18. The van der Waals surface area contributed by atoms with Gasteiger partial charge in [0, 0.05) is 19.1 Å². The molecule has 1 aliphatic carbocycles. The van der Waals surface area contributed by atoms with Gasteiger partial charge in [-0.15, -0.1) is 0 Å². The van der Waals surface area contributed by atoms with E-state index < -0.39 is 22.6 Å². The van der Waals surface area contributed by atoms with Crippen LogP contribution in [0.15, 0.2) is 23.1 Å². The highest BCUT2D eigenvalue weighted by Gasteiger charge is 2.30. The first-order chi connectivity index (χ1) is 15.2. The zero-order valence-electron chi connectivity index (χ0n) is 18.8. The number of hydrogen-bond acceptors (Lipinski definition) is 5. The summed E-state index contributed by atoms with van der Waals surface area (Å²) in [6.45, 7) is 4.77. The van der Waals surface area contributed by atoms with Crippen LogP contribution in [-0.2, 0) is 19.6 Å². The van der Waals surface area contributed by atoms with Crippen LogP contribution in [0.2, 0.25) is 5.02 Å². The van der Waals surface area contributed by atoms with E-state index in [1.165, 1.54) is 22.5 Å². The van der Waals surface area contributed by atoms with Gasteiger partial charge in [-0.2, -0.15) is 4.31 Å². The van der Waals surface area contributed by atoms with Gasteiger partial charge in [-0.25, -0.2) is 13.2 Å². The maximum atomic E-state index is 13.1. The number of hydrogen-bond donors (Lipinski definition) is 1. The predicted octanol–water partition coefficient (Wildman–Crippen LogP) is 4.00. The first-order valence-corrected chi connectivity index (χ1v) is 13.3. The maximum absolute atomic E-state index is 13.1. The van der Waals surface area contributed by atoms with Crippen LogP contribution in [0, 0.1) is 11.8 Å². The number of ether oxygens (including phenoxy) is 1. The van der Waals surface area contributed by atoms with Gasteiger partial charge in [-0.1, -0.05) is 51.1 Å². The van der Waals surface area contributed by atoms with E-state index in [4.69, 9.17) is 16.3 Å². The lowest BCUT2D eigenvalue weighted by Gasteiger charge is -2.34. The Hall–Kier alpha value is -1.64. The van der Waals surface area contributed by atoms with Crippen molar-refractivity contribution in [2.75, 3.05) is 19.7 Å². The largest absolute Gasteiger partial charge is 0.452 e. The Morgan fingerprint density at radius 1 is 1.09 bits per heavy atom. The Balaban J connectivity index is 1.64. The summed E-state index contributed by atoms with van der Waals surface area (Å²) in [5, 5.41) is 3.02. The zero-order chi connectivity index (χ0) is 23.3. The summed E-state index contributed by atoms with van der Waals surface area (Å²) in [6, 6.07) is 4.11. The molecule has 2 fully saturated rings. The van der Waals surface area contributed by atoms with E-state index in [2.05, 4.69) is 19.2 Å². The van der Waals surface area contributed by atoms with Crippen LogP contribution in [0.1, 0.15) is 69.2 Å². The van der Waals surface area contributed by atoms with Crippen molar-refractivity contribution in [3.8, 4) is 0 Å². The van der Waals surface area contributed by atoms with Gasteiger partial charge in [0.25, 0.3) is 5.91 Å². The highest BCUT2D eigenvalue weighted by molar-refractivity contribution is 7.89. The number of esters is 1. The van der Waals surface area contributed by atoms with E-state index in [0.717, 1.165) is 44.9 Å². The van der Waals surface area contributed by atoms with Crippen molar-refractivity contribution < 1.29 is 22.7 Å². The van der Waals surface area contributed by atoms with Crippen molar-refractivity contribution in [3.05, 3.63) is 28.8 Å². The minimum Gasteiger partial charge on any atom is -0.452 e. The molecule has 1 heterocycles. The molecule has 3 rings (SSSR count). The number of halogens is 1. The molecule has 1 aromatic rings. The Morgan fingerprint density at radius 3 is 2.47 bits per heavy atom. The molecule has 1 saturated heterocycles. The van der Waals surface area contributed by atoms with Crippen LogP contribution < -0.4 is 5.32 Å². The number of carbonyl (C=O) groups excluding carboxylic acids is 2. The standard InChI is InChI=1S/C23H33ClN2O5S/c1-16-8-7-9-20(17(16)2)25-22(27)15-31-23(28)18-10-11-19(24)21(14-18)32(29,30)26-12-5-3-4-6-13-26/h10-11,14,16-17,20H,3-9,12-13,15H2,1-2H3,(H,25,27). The number of nitrogens with one attached hydrogen (secondary N) is 1. The number of sulfonamides is 1. The van der Waals surface area contributed by atoms with Gasteiger partial charge in [-0.05, 0) is 49.3 Å². The lowest BCUT2D eigenvalue weighted by Crippen LogP contribution is -2.45. The van der Waals surface area contributed by atoms with E-state index in [0.29, 0.717) is 24.9 Å². The van der Waals surface area contributed by atoms with E-state index in [-0.39, 0.29) is 27.4 Å². The van der Waals surface area contributed by atoms with Gasteiger partial charge in [0.15, 0.2) is 6.61 Å². The number of benzene rings is 1. The molecule has 2 aliphatic rings. The lowest BCUT2D eigenvalue weighted by atomic mass is 9.78. The van der Waals surface area contributed by atoms with E-state index >= 15 is 0 Å². The summed E-state index contributed by atoms with van der Waals surface area (Å²) in [6.07, 6.45) is 6.72. The highest BCUT2D eigenvalue weighted by Crippen LogP contribution is 2.30. The molecule has 0 radical (unpaired) electrons. The smallest absolute Gasteiger partial charge is 0.338 e. The predicted molar refractivity (Wildman–Crippen MR) is 123 cm³/mol. The van der Waals surface area contributed by atoms with Crippen molar-refractivity contribution in [3.63, 3.8) is 0 Å². The fraction of sp³-hybridized carbons (Fsp3) is 0.652. The Bertz CT molecular complexity index is 928. The van der Waals surface area contributed by atoms with Crippen LogP contribution in [0.25, 0.3) is 0 Å². The molecule has 3 atom stereocenters. The number of nitrogens with zero attached hydrogens (tertiary/aromatic N) is 1. The molecule has 1 saturated carbocycles. The molecular weight excluding hydrogens is 452 g/mol. The molecule has 0 aromatic heterocycles. The van der Waals surface area contributed by atoms with Crippen molar-refractivity contribution in [1.29, 1.82) is 0 Å². The Labute approximate surface area is 195 Å². The van der Waals surface area contributed by atoms with E-state index in [9.17, 15) is 18.0 Å². The number of rotatable bonds is 6. The third kappa shape index (κ3) is 6.02. The van der Waals surface area contributed by atoms with Crippen LogP contribution in [0.3, 0.4) is 0 Å². The molecule has 32 heavy (non-hydrogen) atoms. The van der Waals surface area contributed by atoms with Crippen molar-refractivity contribution in [2.45, 2.75) is 69.7 Å². The summed E-state index contributed by atoms with van der Waals surface area (Å²) in [7, 11) is -3.82. The summed E-state index contributed by atoms with van der Waals surface area (Å²) in [5.74, 6) is -0.202. The summed E-state index contributed by atoms with van der Waals surface area (Å²) < 4.78 is 32.8. The molecule has 0 spiro atoms. The Kier molecular flexibility index (Phi) is 8.58. The van der Waals surface area contributed by atoms with Crippen LogP contribution in [-0.4, -0.2) is 50.3 Å². The molecule has 1 N–H and O–H groups in total. The summed E-state index contributed by atoms with van der Waals surface area (Å²) in [5.41, 5.74) is 0.0512. The first kappa shape index (κ1) is 25.0. The first-order valence-electron chi connectivity index (χ1n) is 11.5. The van der Waals surface area contributed by atoms with Gasteiger partial charge < -0.3 is 10.1 Å². The van der Waals surface area contributed by atoms with Gasteiger partial charge in [-0.3, -0.25) is 4.79 Å². The van der Waals surface area contributed by atoms with Crippen LogP contribution in [0.4, 0.5) is 0 Å².